The van der Waals surface area contributed by atoms with Crippen LogP contribution >= 0.6 is 15.9 Å². The molecule has 0 aliphatic carbocycles. The highest BCUT2D eigenvalue weighted by Gasteiger charge is 2.34. The first-order valence-electron chi connectivity index (χ1n) is 8.60. The SMILES string of the molecule is Cc1nc(NC(=O)Cc2ccc(Br)cc2F)cc(C(F)(F)F)c1C=CC(=O)N(C)C. The molecule has 5 nitrogen and oxygen atoms in total. The van der Waals surface area contributed by atoms with Gasteiger partial charge in [0, 0.05) is 35.9 Å². The molecule has 0 spiro atoms. The number of alkyl halides is 3. The standard InChI is InChI=1S/C20H18BrF4N3O2/c1-11-14(6-7-19(30)28(2)3)15(20(23,24)25)10-17(26-11)27-18(29)8-12-4-5-13(21)9-16(12)22/h4-7,9-10H,8H2,1-3H3,(H,26,27,29). The minimum Gasteiger partial charge on any atom is -0.345 e. The van der Waals surface area contributed by atoms with E-state index in [1.165, 1.54) is 38.1 Å². The molecule has 1 heterocycles. The number of hydrogen-bond acceptors (Lipinski definition) is 3. The van der Waals surface area contributed by atoms with Crippen molar-refractivity contribution >= 4 is 39.6 Å². The number of likely N-dealkylation sites (N-methyl/N-ethyl adjacent to an activating group) is 1. The van der Waals surface area contributed by atoms with E-state index >= 15 is 0 Å². The normalized spacial score (nSPS) is 11.6. The lowest BCUT2D eigenvalue weighted by molar-refractivity contribution is -0.137. The molecule has 0 fully saturated rings. The molecule has 1 aromatic heterocycles. The molecule has 0 saturated heterocycles. The van der Waals surface area contributed by atoms with Crippen molar-refractivity contribution in [3.63, 3.8) is 0 Å². The van der Waals surface area contributed by atoms with Crippen molar-refractivity contribution in [1.82, 2.24) is 9.88 Å². The number of rotatable bonds is 5. The van der Waals surface area contributed by atoms with Gasteiger partial charge in [0.15, 0.2) is 0 Å². The second kappa shape index (κ2) is 9.38. The zero-order chi connectivity index (χ0) is 22.6. The van der Waals surface area contributed by atoms with Crippen LogP contribution in [0.25, 0.3) is 6.08 Å². The Bertz CT molecular complexity index is 1000. The summed E-state index contributed by atoms with van der Waals surface area (Å²) in [5, 5.41) is 2.27. The highest BCUT2D eigenvalue weighted by Crippen LogP contribution is 2.35. The average Bonchev–Trinajstić information content (AvgIpc) is 2.61. The van der Waals surface area contributed by atoms with Crippen molar-refractivity contribution in [2.45, 2.75) is 19.5 Å². The van der Waals surface area contributed by atoms with Gasteiger partial charge in [-0.15, -0.1) is 0 Å². The van der Waals surface area contributed by atoms with E-state index in [9.17, 15) is 27.2 Å². The van der Waals surface area contributed by atoms with Crippen molar-refractivity contribution < 1.29 is 27.2 Å². The second-order valence-corrected chi connectivity index (χ2v) is 7.49. The molecular formula is C20H18BrF4N3O2. The Morgan fingerprint density at radius 1 is 1.23 bits per heavy atom. The van der Waals surface area contributed by atoms with Gasteiger partial charge in [-0.3, -0.25) is 9.59 Å². The van der Waals surface area contributed by atoms with Gasteiger partial charge in [0.05, 0.1) is 12.0 Å². The Balaban J connectivity index is 2.32. The number of hydrogen-bond donors (Lipinski definition) is 1. The van der Waals surface area contributed by atoms with Crippen molar-refractivity contribution in [1.29, 1.82) is 0 Å². The number of benzene rings is 1. The molecule has 0 radical (unpaired) electrons. The van der Waals surface area contributed by atoms with Gasteiger partial charge in [-0.05, 0) is 36.8 Å². The van der Waals surface area contributed by atoms with Crippen LogP contribution in [0.5, 0.6) is 0 Å². The van der Waals surface area contributed by atoms with E-state index in [4.69, 9.17) is 0 Å². The minimum absolute atomic E-state index is 0.0299. The summed E-state index contributed by atoms with van der Waals surface area (Å²) >= 11 is 3.10. The fourth-order valence-electron chi connectivity index (χ4n) is 2.52. The van der Waals surface area contributed by atoms with Gasteiger partial charge in [0.2, 0.25) is 11.8 Å². The first-order valence-corrected chi connectivity index (χ1v) is 9.39. The number of amides is 2. The van der Waals surface area contributed by atoms with E-state index < -0.39 is 29.4 Å². The first-order chi connectivity index (χ1) is 13.9. The predicted octanol–water partition coefficient (Wildman–Crippen LogP) is 4.59. The van der Waals surface area contributed by atoms with Crippen LogP contribution in [0.2, 0.25) is 0 Å². The topological polar surface area (TPSA) is 62.3 Å². The summed E-state index contributed by atoms with van der Waals surface area (Å²) < 4.78 is 55.0. The number of aryl methyl sites for hydroxylation is 1. The number of anilines is 1. The number of carbonyl (C=O) groups excluding carboxylic acids is 2. The van der Waals surface area contributed by atoms with Gasteiger partial charge in [0.25, 0.3) is 0 Å². The van der Waals surface area contributed by atoms with E-state index in [0.717, 1.165) is 12.2 Å². The number of nitrogens with zero attached hydrogens (tertiary/aromatic N) is 2. The number of pyridine rings is 1. The van der Waals surface area contributed by atoms with Gasteiger partial charge < -0.3 is 10.2 Å². The zero-order valence-electron chi connectivity index (χ0n) is 16.3. The van der Waals surface area contributed by atoms with Gasteiger partial charge in [-0.2, -0.15) is 13.2 Å². The fraction of sp³-hybridized carbons (Fsp3) is 0.250. The van der Waals surface area contributed by atoms with E-state index in [1.54, 1.807) is 6.07 Å². The van der Waals surface area contributed by atoms with Crippen molar-refractivity contribution in [3.8, 4) is 0 Å². The molecule has 1 aromatic carbocycles. The maximum Gasteiger partial charge on any atom is 0.417 e. The van der Waals surface area contributed by atoms with E-state index in [0.29, 0.717) is 10.5 Å². The summed E-state index contributed by atoms with van der Waals surface area (Å²) in [4.78, 5) is 29.1. The van der Waals surface area contributed by atoms with Gasteiger partial charge in [-0.25, -0.2) is 9.37 Å². The highest BCUT2D eigenvalue weighted by atomic mass is 79.9. The van der Waals surface area contributed by atoms with Crippen LogP contribution in [-0.2, 0) is 22.2 Å². The van der Waals surface area contributed by atoms with Crippen LogP contribution in [0.4, 0.5) is 23.4 Å². The average molecular weight is 488 g/mol. The maximum absolute atomic E-state index is 13.9. The molecule has 10 heteroatoms. The van der Waals surface area contributed by atoms with Crippen molar-refractivity contribution in [2.24, 2.45) is 0 Å². The summed E-state index contributed by atoms with van der Waals surface area (Å²) in [6, 6.07) is 4.81. The summed E-state index contributed by atoms with van der Waals surface area (Å²) in [7, 11) is 2.94. The van der Waals surface area contributed by atoms with E-state index in [1.807, 2.05) is 0 Å². The summed E-state index contributed by atoms with van der Waals surface area (Å²) in [5.41, 5.74) is -1.28. The third-order valence-electron chi connectivity index (χ3n) is 4.02. The molecule has 160 valence electrons. The van der Waals surface area contributed by atoms with Crippen LogP contribution in [0.3, 0.4) is 0 Å². The number of halogens is 5. The van der Waals surface area contributed by atoms with E-state index in [2.05, 4.69) is 26.2 Å². The Hall–Kier alpha value is -2.75. The number of carbonyl (C=O) groups is 2. The lowest BCUT2D eigenvalue weighted by Crippen LogP contribution is -2.19. The molecular weight excluding hydrogens is 470 g/mol. The largest absolute Gasteiger partial charge is 0.417 e. The molecule has 0 aliphatic heterocycles. The first kappa shape index (κ1) is 23.5. The molecule has 1 N–H and O–H groups in total. The Morgan fingerprint density at radius 2 is 1.90 bits per heavy atom. The lowest BCUT2D eigenvalue weighted by Gasteiger charge is -2.15. The van der Waals surface area contributed by atoms with Gasteiger partial charge >= 0.3 is 6.18 Å². The monoisotopic (exact) mass is 487 g/mol. The van der Waals surface area contributed by atoms with Crippen LogP contribution in [0.1, 0.15) is 22.4 Å². The maximum atomic E-state index is 13.9. The smallest absolute Gasteiger partial charge is 0.345 e. The third kappa shape index (κ3) is 6.12. The molecule has 0 bridgehead atoms. The van der Waals surface area contributed by atoms with Crippen LogP contribution in [0, 0.1) is 12.7 Å². The van der Waals surface area contributed by atoms with Gasteiger partial charge in [-0.1, -0.05) is 22.0 Å². The summed E-state index contributed by atoms with van der Waals surface area (Å²) in [6.07, 6.45) is -3.07. The molecule has 0 saturated carbocycles. The van der Waals surface area contributed by atoms with Crippen LogP contribution < -0.4 is 5.32 Å². The molecule has 30 heavy (non-hydrogen) atoms. The number of nitrogens with one attached hydrogen (secondary N) is 1. The molecule has 2 amide bonds. The summed E-state index contributed by atoms with van der Waals surface area (Å²) in [6.45, 7) is 1.33. The summed E-state index contributed by atoms with van der Waals surface area (Å²) in [5.74, 6) is -2.15. The molecule has 2 rings (SSSR count). The zero-order valence-corrected chi connectivity index (χ0v) is 17.9. The number of aromatic nitrogens is 1. The predicted molar refractivity (Wildman–Crippen MR) is 108 cm³/mol. The van der Waals surface area contributed by atoms with Gasteiger partial charge in [0.1, 0.15) is 11.6 Å². The van der Waals surface area contributed by atoms with E-state index in [-0.39, 0.29) is 29.1 Å². The van der Waals surface area contributed by atoms with Crippen molar-refractivity contribution in [2.75, 3.05) is 19.4 Å². The van der Waals surface area contributed by atoms with Crippen LogP contribution in [-0.4, -0.2) is 35.8 Å². The quantitative estimate of drug-likeness (QED) is 0.495. The molecule has 2 aromatic rings. The lowest BCUT2D eigenvalue weighted by atomic mass is 10.0. The minimum atomic E-state index is -4.74. The fourth-order valence-corrected chi connectivity index (χ4v) is 2.85. The third-order valence-corrected chi connectivity index (χ3v) is 4.51. The Labute approximate surface area is 178 Å². The molecule has 0 atom stereocenters. The molecule has 0 aliphatic rings. The molecule has 0 unspecified atom stereocenters. The second-order valence-electron chi connectivity index (χ2n) is 6.58. The van der Waals surface area contributed by atoms with Crippen LogP contribution in [0.15, 0.2) is 34.8 Å². The Morgan fingerprint density at radius 3 is 2.47 bits per heavy atom. The van der Waals surface area contributed by atoms with Crippen molar-refractivity contribution in [3.05, 3.63) is 63.0 Å². The highest BCUT2D eigenvalue weighted by molar-refractivity contribution is 9.10. The Kier molecular flexibility index (Phi) is 7.35.